The highest BCUT2D eigenvalue weighted by Crippen LogP contribution is 2.18. The third kappa shape index (κ3) is 3.34. The first-order chi connectivity index (χ1) is 7.02. The maximum Gasteiger partial charge on any atom is 0.323 e. The molecule has 0 fully saturated rings. The number of aryl methyl sites for hydroxylation is 1. The van der Waals surface area contributed by atoms with Crippen molar-refractivity contribution in [3.05, 3.63) is 28.2 Å². The highest BCUT2D eigenvalue weighted by molar-refractivity contribution is 9.10. The van der Waals surface area contributed by atoms with Crippen LogP contribution >= 0.6 is 15.9 Å². The molecule has 0 aromatic heterocycles. The number of halogens is 1. The van der Waals surface area contributed by atoms with Crippen molar-refractivity contribution in [2.75, 3.05) is 5.32 Å². The van der Waals surface area contributed by atoms with Crippen LogP contribution in [-0.2, 0) is 9.59 Å². The summed E-state index contributed by atoms with van der Waals surface area (Å²) in [5.41, 5.74) is 3.25. The fourth-order valence-electron chi connectivity index (χ4n) is 1.06. The SMILES string of the molecule is Cc1cc(Br)cc(NC(=O)C(=O)NN)c1. The molecule has 0 aliphatic rings. The van der Waals surface area contributed by atoms with Gasteiger partial charge in [0, 0.05) is 10.2 Å². The smallest absolute Gasteiger partial charge is 0.318 e. The quantitative estimate of drug-likeness (QED) is 0.304. The van der Waals surface area contributed by atoms with E-state index in [2.05, 4.69) is 21.2 Å². The van der Waals surface area contributed by atoms with Gasteiger partial charge in [0.15, 0.2) is 0 Å². The molecule has 2 amide bonds. The molecule has 80 valence electrons. The average Bonchev–Trinajstić information content (AvgIpc) is 2.14. The molecule has 4 N–H and O–H groups in total. The van der Waals surface area contributed by atoms with Gasteiger partial charge in [0.05, 0.1) is 0 Å². The van der Waals surface area contributed by atoms with Crippen molar-refractivity contribution in [2.24, 2.45) is 5.84 Å². The van der Waals surface area contributed by atoms with Crippen molar-refractivity contribution in [1.82, 2.24) is 5.43 Å². The predicted octanol–water partition coefficient (Wildman–Crippen LogP) is 0.686. The van der Waals surface area contributed by atoms with Crippen molar-refractivity contribution in [1.29, 1.82) is 0 Å². The van der Waals surface area contributed by atoms with E-state index >= 15 is 0 Å². The van der Waals surface area contributed by atoms with E-state index in [1.54, 1.807) is 17.6 Å². The summed E-state index contributed by atoms with van der Waals surface area (Å²) in [4.78, 5) is 22.0. The van der Waals surface area contributed by atoms with Crippen LogP contribution < -0.4 is 16.6 Å². The van der Waals surface area contributed by atoms with Gasteiger partial charge in [-0.25, -0.2) is 5.84 Å². The monoisotopic (exact) mass is 271 g/mol. The molecule has 0 unspecified atom stereocenters. The lowest BCUT2D eigenvalue weighted by molar-refractivity contribution is -0.136. The predicted molar refractivity (Wildman–Crippen MR) is 59.8 cm³/mol. The lowest BCUT2D eigenvalue weighted by atomic mass is 10.2. The van der Waals surface area contributed by atoms with Gasteiger partial charge in [-0.1, -0.05) is 15.9 Å². The van der Waals surface area contributed by atoms with Gasteiger partial charge in [-0.05, 0) is 30.7 Å². The second kappa shape index (κ2) is 4.90. The van der Waals surface area contributed by atoms with Crippen molar-refractivity contribution in [3.8, 4) is 0 Å². The van der Waals surface area contributed by atoms with Crippen molar-refractivity contribution in [2.45, 2.75) is 6.92 Å². The summed E-state index contributed by atoms with van der Waals surface area (Å²) in [5, 5.41) is 2.41. The average molecular weight is 272 g/mol. The molecule has 0 saturated carbocycles. The number of hydrogen-bond donors (Lipinski definition) is 3. The van der Waals surface area contributed by atoms with E-state index in [0.717, 1.165) is 10.0 Å². The number of carbonyl (C=O) groups excluding carboxylic acids is 2. The Balaban J connectivity index is 2.81. The summed E-state index contributed by atoms with van der Waals surface area (Å²) >= 11 is 3.28. The van der Waals surface area contributed by atoms with Crippen LogP contribution in [-0.4, -0.2) is 11.8 Å². The van der Waals surface area contributed by atoms with Gasteiger partial charge in [-0.2, -0.15) is 0 Å². The minimum atomic E-state index is -0.882. The molecule has 5 nitrogen and oxygen atoms in total. The highest BCUT2D eigenvalue weighted by Gasteiger charge is 2.11. The molecular weight excluding hydrogens is 262 g/mol. The summed E-state index contributed by atoms with van der Waals surface area (Å²) in [6, 6.07) is 5.32. The molecule has 0 aliphatic heterocycles. The van der Waals surface area contributed by atoms with Gasteiger partial charge < -0.3 is 5.32 Å². The number of benzene rings is 1. The van der Waals surface area contributed by atoms with Gasteiger partial charge in [0.2, 0.25) is 0 Å². The molecule has 1 aromatic rings. The minimum Gasteiger partial charge on any atom is -0.318 e. The maximum absolute atomic E-state index is 11.1. The molecule has 0 bridgehead atoms. The molecule has 0 spiro atoms. The molecule has 0 aliphatic carbocycles. The summed E-state index contributed by atoms with van der Waals surface area (Å²) < 4.78 is 0.825. The number of hydrazine groups is 1. The molecule has 0 heterocycles. The Morgan fingerprint density at radius 3 is 2.47 bits per heavy atom. The Morgan fingerprint density at radius 1 is 1.27 bits per heavy atom. The first kappa shape index (κ1) is 11.7. The Labute approximate surface area is 95.1 Å². The van der Waals surface area contributed by atoms with Crippen LogP contribution in [0.5, 0.6) is 0 Å². The van der Waals surface area contributed by atoms with Crippen molar-refractivity contribution < 1.29 is 9.59 Å². The zero-order chi connectivity index (χ0) is 11.4. The van der Waals surface area contributed by atoms with Crippen molar-refractivity contribution >= 4 is 33.4 Å². The van der Waals surface area contributed by atoms with E-state index in [9.17, 15) is 9.59 Å². The Kier molecular flexibility index (Phi) is 3.81. The number of nitrogens with two attached hydrogens (primary N) is 1. The molecular formula is C9H10BrN3O2. The normalized spacial score (nSPS) is 9.53. The summed E-state index contributed by atoms with van der Waals surface area (Å²) in [6.45, 7) is 1.88. The lowest BCUT2D eigenvalue weighted by Crippen LogP contribution is -2.39. The topological polar surface area (TPSA) is 84.2 Å². The molecule has 1 aromatic carbocycles. The standard InChI is InChI=1S/C9H10BrN3O2/c1-5-2-6(10)4-7(3-5)12-8(14)9(15)13-11/h2-4H,11H2,1H3,(H,12,14)(H,13,15). The second-order valence-corrected chi connectivity index (χ2v) is 3.86. The Morgan fingerprint density at radius 2 is 1.93 bits per heavy atom. The first-order valence-corrected chi connectivity index (χ1v) is 4.91. The molecule has 0 saturated heterocycles. The first-order valence-electron chi connectivity index (χ1n) is 4.12. The van der Waals surface area contributed by atoms with E-state index in [4.69, 9.17) is 5.84 Å². The van der Waals surface area contributed by atoms with Gasteiger partial charge in [-0.3, -0.25) is 15.0 Å². The Bertz CT molecular complexity index is 386. The van der Waals surface area contributed by atoms with Crippen LogP contribution in [0.1, 0.15) is 5.56 Å². The van der Waals surface area contributed by atoms with Crippen LogP contribution in [0.2, 0.25) is 0 Å². The van der Waals surface area contributed by atoms with Gasteiger partial charge >= 0.3 is 11.8 Å². The third-order valence-corrected chi connectivity index (χ3v) is 2.10. The zero-order valence-electron chi connectivity index (χ0n) is 8.00. The van der Waals surface area contributed by atoms with Gasteiger partial charge in [0.25, 0.3) is 0 Å². The van der Waals surface area contributed by atoms with E-state index in [1.807, 2.05) is 13.0 Å². The summed E-state index contributed by atoms with van der Waals surface area (Å²) in [5.74, 6) is 3.14. The largest absolute Gasteiger partial charge is 0.323 e. The minimum absolute atomic E-state index is 0.537. The number of rotatable bonds is 1. The van der Waals surface area contributed by atoms with E-state index < -0.39 is 11.8 Å². The maximum atomic E-state index is 11.1. The van der Waals surface area contributed by atoms with Crippen LogP contribution in [0.4, 0.5) is 5.69 Å². The summed E-state index contributed by atoms with van der Waals surface area (Å²) in [7, 11) is 0. The fraction of sp³-hybridized carbons (Fsp3) is 0.111. The van der Waals surface area contributed by atoms with Crippen LogP contribution in [0.15, 0.2) is 22.7 Å². The van der Waals surface area contributed by atoms with E-state index in [1.165, 1.54) is 0 Å². The zero-order valence-corrected chi connectivity index (χ0v) is 9.59. The molecule has 0 atom stereocenters. The molecule has 15 heavy (non-hydrogen) atoms. The van der Waals surface area contributed by atoms with Gasteiger partial charge in [-0.15, -0.1) is 0 Å². The van der Waals surface area contributed by atoms with Gasteiger partial charge in [0.1, 0.15) is 0 Å². The number of amides is 2. The third-order valence-electron chi connectivity index (χ3n) is 1.64. The lowest BCUT2D eigenvalue weighted by Gasteiger charge is -2.05. The molecule has 6 heteroatoms. The number of nitrogens with one attached hydrogen (secondary N) is 2. The molecule has 1 rings (SSSR count). The fourth-order valence-corrected chi connectivity index (χ4v) is 1.67. The van der Waals surface area contributed by atoms with Crippen LogP contribution in [0, 0.1) is 6.92 Å². The van der Waals surface area contributed by atoms with Crippen molar-refractivity contribution in [3.63, 3.8) is 0 Å². The number of hydrogen-bond acceptors (Lipinski definition) is 3. The van der Waals surface area contributed by atoms with Crippen LogP contribution in [0.25, 0.3) is 0 Å². The van der Waals surface area contributed by atoms with E-state index in [0.29, 0.717) is 5.69 Å². The second-order valence-electron chi connectivity index (χ2n) is 2.94. The Hall–Kier alpha value is -1.40. The number of carbonyl (C=O) groups is 2. The summed E-state index contributed by atoms with van der Waals surface area (Å²) in [6.07, 6.45) is 0. The highest BCUT2D eigenvalue weighted by atomic mass is 79.9. The van der Waals surface area contributed by atoms with Crippen LogP contribution in [0.3, 0.4) is 0 Å². The number of anilines is 1. The molecule has 0 radical (unpaired) electrons. The van der Waals surface area contributed by atoms with E-state index in [-0.39, 0.29) is 0 Å².